The van der Waals surface area contributed by atoms with Gasteiger partial charge in [0.05, 0.1) is 12.2 Å². The van der Waals surface area contributed by atoms with Crippen molar-refractivity contribution in [1.29, 1.82) is 0 Å². The quantitative estimate of drug-likeness (QED) is 0.552. The van der Waals surface area contributed by atoms with Crippen LogP contribution in [0.1, 0.15) is 6.92 Å². The summed E-state index contributed by atoms with van der Waals surface area (Å²) in [5, 5.41) is 4.41. The lowest BCUT2D eigenvalue weighted by Gasteiger charge is -2.15. The first-order valence-corrected chi connectivity index (χ1v) is 9.38. The van der Waals surface area contributed by atoms with Crippen LogP contribution in [0.4, 0.5) is 18.9 Å². The minimum atomic E-state index is -1.69. The standard InChI is InChI=1S/C23H19F3N2O3/c1-14(31-17-9-7-16(8-10-17)15-5-3-2-4-6-15)23(30)27-13-20(29)28-19-12-11-18(24)21(25)22(19)26/h2-12,14H,13H2,1H3,(H,27,30)(H,28,29)/t14-/m1/s1. The predicted molar refractivity (Wildman–Crippen MR) is 110 cm³/mol. The number of carbonyl (C=O) groups excluding carboxylic acids is 2. The highest BCUT2D eigenvalue weighted by Crippen LogP contribution is 2.23. The van der Waals surface area contributed by atoms with Crippen molar-refractivity contribution < 1.29 is 27.5 Å². The second-order valence-corrected chi connectivity index (χ2v) is 6.64. The third kappa shape index (κ3) is 5.63. The maximum Gasteiger partial charge on any atom is 0.261 e. The van der Waals surface area contributed by atoms with Crippen LogP contribution in [0.15, 0.2) is 66.7 Å². The van der Waals surface area contributed by atoms with E-state index in [-0.39, 0.29) is 0 Å². The van der Waals surface area contributed by atoms with Crippen LogP contribution in [0.3, 0.4) is 0 Å². The number of hydrogen-bond donors (Lipinski definition) is 2. The highest BCUT2D eigenvalue weighted by molar-refractivity contribution is 5.95. The molecule has 160 valence electrons. The average Bonchev–Trinajstić information content (AvgIpc) is 2.79. The van der Waals surface area contributed by atoms with Crippen LogP contribution in [0.5, 0.6) is 5.75 Å². The molecule has 0 aliphatic heterocycles. The molecule has 31 heavy (non-hydrogen) atoms. The van der Waals surface area contributed by atoms with E-state index in [4.69, 9.17) is 4.74 Å². The van der Waals surface area contributed by atoms with Gasteiger partial charge in [0.15, 0.2) is 23.6 Å². The summed E-state index contributed by atoms with van der Waals surface area (Å²) in [5.74, 6) is -5.49. The fraction of sp³-hybridized carbons (Fsp3) is 0.130. The Morgan fingerprint density at radius 2 is 1.52 bits per heavy atom. The van der Waals surface area contributed by atoms with Gasteiger partial charge >= 0.3 is 0 Å². The number of ether oxygens (including phenoxy) is 1. The molecule has 0 bridgehead atoms. The Bertz CT molecular complexity index is 1070. The predicted octanol–water partition coefficient (Wildman–Crippen LogP) is 4.29. The van der Waals surface area contributed by atoms with Crippen LogP contribution >= 0.6 is 0 Å². The maximum atomic E-state index is 13.6. The molecule has 3 rings (SSSR count). The van der Waals surface area contributed by atoms with Gasteiger partial charge in [0.25, 0.3) is 5.91 Å². The van der Waals surface area contributed by atoms with E-state index < -0.39 is 47.6 Å². The molecule has 8 heteroatoms. The second-order valence-electron chi connectivity index (χ2n) is 6.64. The maximum absolute atomic E-state index is 13.6. The van der Waals surface area contributed by atoms with Gasteiger partial charge in [0.2, 0.25) is 5.91 Å². The van der Waals surface area contributed by atoms with Crippen molar-refractivity contribution in [3.8, 4) is 16.9 Å². The smallest absolute Gasteiger partial charge is 0.261 e. The summed E-state index contributed by atoms with van der Waals surface area (Å²) >= 11 is 0. The first kappa shape index (κ1) is 21.9. The first-order chi connectivity index (χ1) is 14.8. The SMILES string of the molecule is C[C@@H](Oc1ccc(-c2ccccc2)cc1)C(=O)NCC(=O)Nc1ccc(F)c(F)c1F. The Morgan fingerprint density at radius 3 is 2.19 bits per heavy atom. The van der Waals surface area contributed by atoms with E-state index in [0.29, 0.717) is 11.8 Å². The van der Waals surface area contributed by atoms with Crippen LogP contribution in [0, 0.1) is 17.5 Å². The van der Waals surface area contributed by atoms with Crippen molar-refractivity contribution in [3.05, 3.63) is 84.2 Å². The van der Waals surface area contributed by atoms with Crippen LogP contribution in [0.2, 0.25) is 0 Å². The number of hydrogen-bond acceptors (Lipinski definition) is 3. The van der Waals surface area contributed by atoms with Gasteiger partial charge in [-0.15, -0.1) is 0 Å². The molecule has 0 radical (unpaired) electrons. The van der Waals surface area contributed by atoms with Gasteiger partial charge in [0, 0.05) is 0 Å². The largest absolute Gasteiger partial charge is 0.481 e. The Hall–Kier alpha value is -3.81. The van der Waals surface area contributed by atoms with Crippen LogP contribution in [-0.4, -0.2) is 24.5 Å². The summed E-state index contributed by atoms with van der Waals surface area (Å²) in [5.41, 5.74) is 1.51. The molecular weight excluding hydrogens is 409 g/mol. The van der Waals surface area contributed by atoms with Gasteiger partial charge in [-0.2, -0.15) is 0 Å². The number of anilines is 1. The zero-order chi connectivity index (χ0) is 22.4. The Morgan fingerprint density at radius 1 is 0.871 bits per heavy atom. The van der Waals surface area contributed by atoms with Crippen molar-refractivity contribution >= 4 is 17.5 Å². The summed E-state index contributed by atoms with van der Waals surface area (Å²) in [6.07, 6.45) is -0.907. The number of amides is 2. The number of rotatable bonds is 7. The summed E-state index contributed by atoms with van der Waals surface area (Å²) in [6, 6.07) is 18.5. The number of nitrogens with one attached hydrogen (secondary N) is 2. The van der Waals surface area contributed by atoms with Crippen LogP contribution < -0.4 is 15.4 Å². The number of carbonyl (C=O) groups is 2. The second kappa shape index (κ2) is 9.80. The van der Waals surface area contributed by atoms with Crippen molar-refractivity contribution in [3.63, 3.8) is 0 Å². The van der Waals surface area contributed by atoms with E-state index in [1.165, 1.54) is 6.92 Å². The topological polar surface area (TPSA) is 67.4 Å². The molecule has 0 fully saturated rings. The van der Waals surface area contributed by atoms with Crippen molar-refractivity contribution in [2.24, 2.45) is 0 Å². The molecule has 0 saturated carbocycles. The minimum Gasteiger partial charge on any atom is -0.481 e. The molecule has 0 aromatic heterocycles. The lowest BCUT2D eigenvalue weighted by Crippen LogP contribution is -2.40. The van der Waals surface area contributed by atoms with E-state index in [9.17, 15) is 22.8 Å². The van der Waals surface area contributed by atoms with E-state index in [0.717, 1.165) is 17.2 Å². The summed E-state index contributed by atoms with van der Waals surface area (Å²) in [7, 11) is 0. The molecule has 0 aliphatic rings. The molecule has 0 saturated heterocycles. The number of halogens is 3. The highest BCUT2D eigenvalue weighted by atomic mass is 19.2. The zero-order valence-electron chi connectivity index (χ0n) is 16.5. The molecule has 0 unspecified atom stereocenters. The van der Waals surface area contributed by atoms with E-state index >= 15 is 0 Å². The van der Waals surface area contributed by atoms with E-state index in [1.807, 2.05) is 42.5 Å². The monoisotopic (exact) mass is 428 g/mol. The van der Waals surface area contributed by atoms with E-state index in [1.54, 1.807) is 12.1 Å². The van der Waals surface area contributed by atoms with Gasteiger partial charge in [-0.25, -0.2) is 13.2 Å². The lowest BCUT2D eigenvalue weighted by atomic mass is 10.1. The van der Waals surface area contributed by atoms with Gasteiger partial charge < -0.3 is 15.4 Å². The van der Waals surface area contributed by atoms with Gasteiger partial charge in [-0.1, -0.05) is 42.5 Å². The molecule has 1 atom stereocenters. The molecule has 3 aromatic rings. The molecular formula is C23H19F3N2O3. The normalized spacial score (nSPS) is 11.5. The number of benzene rings is 3. The van der Waals surface area contributed by atoms with Crippen LogP contribution in [0.25, 0.3) is 11.1 Å². The first-order valence-electron chi connectivity index (χ1n) is 9.38. The Balaban J connectivity index is 1.50. The Labute approximate surface area is 176 Å². The molecule has 2 N–H and O–H groups in total. The average molecular weight is 428 g/mol. The third-order valence-electron chi connectivity index (χ3n) is 4.38. The Kier molecular flexibility index (Phi) is 6.92. The highest BCUT2D eigenvalue weighted by Gasteiger charge is 2.18. The molecule has 5 nitrogen and oxygen atoms in total. The van der Waals surface area contributed by atoms with Crippen LogP contribution in [-0.2, 0) is 9.59 Å². The zero-order valence-corrected chi connectivity index (χ0v) is 16.5. The van der Waals surface area contributed by atoms with Gasteiger partial charge in [-0.3, -0.25) is 9.59 Å². The minimum absolute atomic E-state index is 0.468. The molecule has 3 aromatic carbocycles. The fourth-order valence-electron chi connectivity index (χ4n) is 2.74. The molecule has 0 heterocycles. The van der Waals surface area contributed by atoms with Gasteiger partial charge in [-0.05, 0) is 42.3 Å². The fourth-order valence-corrected chi connectivity index (χ4v) is 2.74. The van der Waals surface area contributed by atoms with Crippen molar-refractivity contribution in [1.82, 2.24) is 5.32 Å². The molecule has 0 aliphatic carbocycles. The van der Waals surface area contributed by atoms with Crippen molar-refractivity contribution in [2.45, 2.75) is 13.0 Å². The summed E-state index contributed by atoms with van der Waals surface area (Å²) < 4.78 is 45.3. The van der Waals surface area contributed by atoms with Crippen molar-refractivity contribution in [2.75, 3.05) is 11.9 Å². The van der Waals surface area contributed by atoms with E-state index in [2.05, 4.69) is 10.6 Å². The third-order valence-corrected chi connectivity index (χ3v) is 4.38. The molecule has 0 spiro atoms. The van der Waals surface area contributed by atoms with Gasteiger partial charge in [0.1, 0.15) is 5.75 Å². The summed E-state index contributed by atoms with van der Waals surface area (Å²) in [4.78, 5) is 24.0. The lowest BCUT2D eigenvalue weighted by molar-refractivity contribution is -0.129. The molecule has 2 amide bonds. The summed E-state index contributed by atoms with van der Waals surface area (Å²) in [6.45, 7) is 1.01.